The number of oxazole rings is 1. The van der Waals surface area contributed by atoms with Crippen LogP contribution in [-0.4, -0.2) is 36.7 Å². The number of fused-ring (bicyclic) bond motifs is 1. The van der Waals surface area contributed by atoms with Gasteiger partial charge in [0.25, 0.3) is 6.01 Å². The molecule has 1 N–H and O–H groups in total. The van der Waals surface area contributed by atoms with Crippen molar-refractivity contribution in [2.24, 2.45) is 5.92 Å². The van der Waals surface area contributed by atoms with Crippen molar-refractivity contribution in [3.05, 3.63) is 48.0 Å². The fourth-order valence-corrected chi connectivity index (χ4v) is 3.72. The van der Waals surface area contributed by atoms with Gasteiger partial charge in [-0.05, 0) is 55.5 Å². The van der Waals surface area contributed by atoms with Crippen LogP contribution in [0, 0.1) is 5.92 Å². The first-order valence-corrected chi connectivity index (χ1v) is 10.9. The Morgan fingerprint density at radius 3 is 2.81 bits per heavy atom. The lowest BCUT2D eigenvalue weighted by molar-refractivity contribution is -0.119. The van der Waals surface area contributed by atoms with Crippen molar-refractivity contribution in [3.63, 3.8) is 0 Å². The van der Waals surface area contributed by atoms with Gasteiger partial charge in [0.05, 0.1) is 25.7 Å². The minimum Gasteiger partial charge on any atom is -0.493 e. The van der Waals surface area contributed by atoms with Crippen LogP contribution in [0.15, 0.2) is 46.9 Å². The molecule has 0 radical (unpaired) electrons. The fraction of sp³-hybridized carbons (Fsp3) is 0.417. The molecule has 2 aromatic carbocycles. The van der Waals surface area contributed by atoms with Gasteiger partial charge >= 0.3 is 0 Å². The van der Waals surface area contributed by atoms with E-state index in [0.717, 1.165) is 53.8 Å². The van der Waals surface area contributed by atoms with Gasteiger partial charge in [-0.1, -0.05) is 12.1 Å². The molecule has 31 heavy (non-hydrogen) atoms. The Hall–Kier alpha value is -3.22. The number of hydrogen-bond acceptors (Lipinski definition) is 6. The van der Waals surface area contributed by atoms with Crippen LogP contribution in [0.2, 0.25) is 0 Å². The van der Waals surface area contributed by atoms with Crippen LogP contribution in [0.5, 0.6) is 11.5 Å². The van der Waals surface area contributed by atoms with E-state index < -0.39 is 0 Å². The topological polar surface area (TPSA) is 76.8 Å². The van der Waals surface area contributed by atoms with E-state index in [2.05, 4.69) is 15.2 Å². The van der Waals surface area contributed by atoms with Crippen molar-refractivity contribution in [2.75, 3.05) is 24.6 Å². The van der Waals surface area contributed by atoms with Gasteiger partial charge in [0.2, 0.25) is 5.91 Å². The standard InChI is InChI=1S/C24H27N3O4/c1-15(25-16(2)28)18-8-9-23-22(10-18)26-24(31-23)27-12-21(13-27)30-20-5-3-4-19(11-20)29-14-17-6-7-17/h3-5,8-11,15,17,21H,6-7,12-14H2,1-2H3,(H,25,28). The summed E-state index contributed by atoms with van der Waals surface area (Å²) in [4.78, 5) is 18.0. The zero-order valence-corrected chi connectivity index (χ0v) is 17.8. The van der Waals surface area contributed by atoms with Gasteiger partial charge in [-0.2, -0.15) is 4.98 Å². The Balaban J connectivity index is 1.18. The number of nitrogens with zero attached hydrogens (tertiary/aromatic N) is 2. The van der Waals surface area contributed by atoms with Crippen LogP contribution in [0.3, 0.4) is 0 Å². The summed E-state index contributed by atoms with van der Waals surface area (Å²) in [6.45, 7) is 5.70. The summed E-state index contributed by atoms with van der Waals surface area (Å²) >= 11 is 0. The maximum Gasteiger partial charge on any atom is 0.298 e. The quantitative estimate of drug-likeness (QED) is 0.591. The first-order chi connectivity index (χ1) is 15.0. The van der Waals surface area contributed by atoms with E-state index in [1.54, 1.807) is 0 Å². The summed E-state index contributed by atoms with van der Waals surface area (Å²) in [6, 6.07) is 14.2. The number of anilines is 1. The molecule has 2 fully saturated rings. The first-order valence-electron chi connectivity index (χ1n) is 10.9. The molecule has 5 rings (SSSR count). The molecule has 2 heterocycles. The maximum absolute atomic E-state index is 11.3. The molecule has 1 saturated heterocycles. The molecular weight excluding hydrogens is 394 g/mol. The number of hydrogen-bond donors (Lipinski definition) is 1. The molecule has 0 bridgehead atoms. The molecule has 1 aliphatic carbocycles. The smallest absolute Gasteiger partial charge is 0.298 e. The number of amides is 1. The minimum atomic E-state index is -0.0761. The van der Waals surface area contributed by atoms with Crippen molar-refractivity contribution in [3.8, 4) is 11.5 Å². The zero-order chi connectivity index (χ0) is 21.4. The highest BCUT2D eigenvalue weighted by Crippen LogP contribution is 2.31. The lowest BCUT2D eigenvalue weighted by Crippen LogP contribution is -2.54. The van der Waals surface area contributed by atoms with Crippen molar-refractivity contribution in [2.45, 2.75) is 38.8 Å². The molecule has 1 aliphatic heterocycles. The van der Waals surface area contributed by atoms with Crippen LogP contribution in [0.1, 0.15) is 38.3 Å². The summed E-state index contributed by atoms with van der Waals surface area (Å²) in [5, 5.41) is 2.89. The fourth-order valence-electron chi connectivity index (χ4n) is 3.72. The third-order valence-electron chi connectivity index (χ3n) is 5.73. The van der Waals surface area contributed by atoms with Crippen molar-refractivity contribution in [1.82, 2.24) is 10.3 Å². The number of benzene rings is 2. The van der Waals surface area contributed by atoms with Gasteiger partial charge in [-0.15, -0.1) is 0 Å². The van der Waals surface area contributed by atoms with Gasteiger partial charge < -0.3 is 24.1 Å². The summed E-state index contributed by atoms with van der Waals surface area (Å²) in [7, 11) is 0. The Labute approximate surface area is 181 Å². The predicted molar refractivity (Wildman–Crippen MR) is 118 cm³/mol. The molecule has 1 unspecified atom stereocenters. The molecule has 3 aromatic rings. The van der Waals surface area contributed by atoms with Gasteiger partial charge in [-0.25, -0.2) is 0 Å². The monoisotopic (exact) mass is 421 g/mol. The molecule has 0 spiro atoms. The number of carbonyl (C=O) groups is 1. The summed E-state index contributed by atoms with van der Waals surface area (Å²) in [6.07, 6.45) is 2.64. The number of ether oxygens (including phenoxy) is 2. The van der Waals surface area contributed by atoms with Gasteiger partial charge in [0.1, 0.15) is 23.1 Å². The van der Waals surface area contributed by atoms with E-state index in [1.807, 2.05) is 49.4 Å². The Morgan fingerprint density at radius 1 is 1.23 bits per heavy atom. The number of carbonyl (C=O) groups excluding carboxylic acids is 1. The van der Waals surface area contributed by atoms with Crippen molar-refractivity contribution in [1.29, 1.82) is 0 Å². The summed E-state index contributed by atoms with van der Waals surface area (Å²) < 4.78 is 17.8. The molecule has 1 atom stereocenters. The highest BCUT2D eigenvalue weighted by Gasteiger charge is 2.32. The molecule has 7 heteroatoms. The van der Waals surface area contributed by atoms with Crippen molar-refractivity contribution < 1.29 is 18.7 Å². The molecule has 162 valence electrons. The first kappa shape index (κ1) is 19.7. The number of aromatic nitrogens is 1. The number of rotatable bonds is 8. The Kier molecular flexibility index (Phi) is 5.18. The summed E-state index contributed by atoms with van der Waals surface area (Å²) in [5.41, 5.74) is 2.52. The second-order valence-electron chi connectivity index (χ2n) is 8.52. The SMILES string of the molecule is CC(=O)NC(C)c1ccc2oc(N3CC(Oc4cccc(OCC5CC5)c4)C3)nc2c1. The predicted octanol–water partition coefficient (Wildman–Crippen LogP) is 4.08. The van der Waals surface area contributed by atoms with E-state index in [1.165, 1.54) is 19.8 Å². The van der Waals surface area contributed by atoms with Gasteiger partial charge in [-0.3, -0.25) is 4.79 Å². The molecule has 2 aliphatic rings. The maximum atomic E-state index is 11.3. The van der Waals surface area contributed by atoms with E-state index in [4.69, 9.17) is 13.9 Å². The lowest BCUT2D eigenvalue weighted by Gasteiger charge is -2.37. The van der Waals surface area contributed by atoms with E-state index >= 15 is 0 Å². The second kappa shape index (κ2) is 8.13. The van der Waals surface area contributed by atoms with E-state index in [9.17, 15) is 4.79 Å². The largest absolute Gasteiger partial charge is 0.493 e. The van der Waals surface area contributed by atoms with Crippen LogP contribution in [0.25, 0.3) is 11.1 Å². The highest BCUT2D eigenvalue weighted by molar-refractivity contribution is 5.77. The average Bonchev–Trinajstić information content (AvgIpc) is 3.45. The molecule has 1 amide bonds. The Bertz CT molecular complexity index is 1090. The molecular formula is C24H27N3O4. The van der Waals surface area contributed by atoms with Gasteiger partial charge in [0, 0.05) is 13.0 Å². The van der Waals surface area contributed by atoms with Crippen LogP contribution >= 0.6 is 0 Å². The average molecular weight is 421 g/mol. The van der Waals surface area contributed by atoms with E-state index in [0.29, 0.717) is 6.01 Å². The third kappa shape index (κ3) is 4.60. The zero-order valence-electron chi connectivity index (χ0n) is 17.8. The molecule has 1 aromatic heterocycles. The van der Waals surface area contributed by atoms with Crippen LogP contribution in [-0.2, 0) is 4.79 Å². The summed E-state index contributed by atoms with van der Waals surface area (Å²) in [5.74, 6) is 2.36. The Morgan fingerprint density at radius 2 is 2.03 bits per heavy atom. The molecule has 1 saturated carbocycles. The van der Waals surface area contributed by atoms with Gasteiger partial charge in [0.15, 0.2) is 5.58 Å². The number of nitrogens with one attached hydrogen (secondary N) is 1. The second-order valence-corrected chi connectivity index (χ2v) is 8.52. The van der Waals surface area contributed by atoms with Crippen LogP contribution < -0.4 is 19.7 Å². The lowest BCUT2D eigenvalue weighted by atomic mass is 10.1. The third-order valence-corrected chi connectivity index (χ3v) is 5.73. The molecule has 7 nitrogen and oxygen atoms in total. The minimum absolute atomic E-state index is 0.0555. The van der Waals surface area contributed by atoms with Crippen LogP contribution in [0.4, 0.5) is 6.01 Å². The normalized spacial score (nSPS) is 17.3. The highest BCUT2D eigenvalue weighted by atomic mass is 16.5. The van der Waals surface area contributed by atoms with Crippen molar-refractivity contribution >= 4 is 23.0 Å². The van der Waals surface area contributed by atoms with E-state index in [-0.39, 0.29) is 18.1 Å².